The standard InChI is InChI=1S/C66H41F4NO/c1-3-40-20-24-42(25-21-40)65(44-28-34-58(67)60(69)36-44)54-16-8-5-12-48(54)50-32-30-46(38-56(50)65)71(62-18-11-15-53-52-14-7-10-19-63(52)72-64(53)62)47-31-33-51-49-13-6-9-17-55(49)66(57(51)39-47,43-26-22-41(4-2)23-27-43)45-29-35-59(68)61(70)37-45/h3-39H,1-2H2. The van der Waals surface area contributed by atoms with Crippen molar-refractivity contribution >= 4 is 51.2 Å². The molecule has 1 aromatic heterocycles. The average Bonchev–Trinajstić information content (AvgIpc) is 4.06. The van der Waals surface area contributed by atoms with E-state index in [1.807, 2.05) is 103 Å². The van der Waals surface area contributed by atoms with Crippen LogP contribution in [0.3, 0.4) is 0 Å². The molecule has 0 aliphatic heterocycles. The zero-order valence-corrected chi connectivity index (χ0v) is 38.6. The smallest absolute Gasteiger partial charge is 0.159 e. The van der Waals surface area contributed by atoms with Gasteiger partial charge in [-0.15, -0.1) is 0 Å². The molecule has 2 atom stereocenters. The van der Waals surface area contributed by atoms with Crippen LogP contribution in [-0.2, 0) is 10.8 Å². The molecular weight excluding hydrogens is 899 g/mol. The third kappa shape index (κ3) is 6.08. The molecule has 1 heterocycles. The second-order valence-electron chi connectivity index (χ2n) is 18.5. The topological polar surface area (TPSA) is 16.4 Å². The lowest BCUT2D eigenvalue weighted by atomic mass is 9.67. The van der Waals surface area contributed by atoms with E-state index < -0.39 is 34.1 Å². The molecule has 0 bridgehead atoms. The molecule has 2 unspecified atom stereocenters. The molecule has 2 nitrogen and oxygen atoms in total. The molecule has 10 aromatic carbocycles. The number of nitrogens with zero attached hydrogens (tertiary/aromatic N) is 1. The van der Waals surface area contributed by atoms with Gasteiger partial charge >= 0.3 is 0 Å². The Kier molecular flexibility index (Phi) is 9.74. The molecule has 0 saturated heterocycles. The normalized spacial score (nSPS) is 16.3. The number of furan rings is 1. The zero-order chi connectivity index (χ0) is 48.9. The fourth-order valence-corrected chi connectivity index (χ4v) is 11.9. The maximum atomic E-state index is 15.8. The summed E-state index contributed by atoms with van der Waals surface area (Å²) in [5.41, 5.74) is 13.5. The van der Waals surface area contributed by atoms with Crippen LogP contribution in [0.2, 0.25) is 0 Å². The van der Waals surface area contributed by atoms with Crippen molar-refractivity contribution < 1.29 is 22.0 Å². The number of hydrogen-bond donors (Lipinski definition) is 0. The molecule has 0 saturated carbocycles. The number of hydrogen-bond acceptors (Lipinski definition) is 2. The molecule has 0 radical (unpaired) electrons. The average molecular weight is 940 g/mol. The minimum atomic E-state index is -1.10. The number of rotatable bonds is 9. The third-order valence-electron chi connectivity index (χ3n) is 15.1. The van der Waals surface area contributed by atoms with Crippen LogP contribution in [0, 0.1) is 23.3 Å². The Labute approximate surface area is 413 Å². The van der Waals surface area contributed by atoms with Gasteiger partial charge < -0.3 is 9.32 Å². The number of fused-ring (bicyclic) bond motifs is 9. The van der Waals surface area contributed by atoms with Crippen LogP contribution in [0.25, 0.3) is 56.3 Å². The van der Waals surface area contributed by atoms with Gasteiger partial charge in [-0.25, -0.2) is 17.6 Å². The van der Waals surface area contributed by atoms with Gasteiger partial charge in [-0.3, -0.25) is 0 Å². The van der Waals surface area contributed by atoms with Gasteiger partial charge in [-0.05, 0) is 139 Å². The number of benzene rings is 10. The van der Waals surface area contributed by atoms with Crippen LogP contribution >= 0.6 is 0 Å². The fourth-order valence-electron chi connectivity index (χ4n) is 11.9. The van der Waals surface area contributed by atoms with Crippen molar-refractivity contribution in [2.45, 2.75) is 10.8 Å². The van der Waals surface area contributed by atoms with Gasteiger partial charge in [-0.2, -0.15) is 0 Å². The molecular formula is C66H41F4NO. The predicted molar refractivity (Wildman–Crippen MR) is 283 cm³/mol. The highest BCUT2D eigenvalue weighted by Gasteiger charge is 2.49. The van der Waals surface area contributed by atoms with Crippen LogP contribution in [0.1, 0.15) is 55.6 Å². The first-order valence-corrected chi connectivity index (χ1v) is 23.8. The van der Waals surface area contributed by atoms with Gasteiger partial charge in [0.15, 0.2) is 28.9 Å². The van der Waals surface area contributed by atoms with Gasteiger partial charge in [0.1, 0.15) is 5.58 Å². The Bertz CT molecular complexity index is 3830. The van der Waals surface area contributed by atoms with Crippen LogP contribution < -0.4 is 4.90 Å². The summed E-state index contributed by atoms with van der Waals surface area (Å²) in [4.78, 5) is 2.19. The van der Waals surface area contributed by atoms with Crippen molar-refractivity contribution in [3.05, 3.63) is 304 Å². The second kappa shape index (κ2) is 16.3. The first-order chi connectivity index (χ1) is 35.2. The van der Waals surface area contributed by atoms with Crippen molar-refractivity contribution in [3.8, 4) is 22.3 Å². The number of anilines is 3. The van der Waals surface area contributed by atoms with E-state index in [1.54, 1.807) is 24.3 Å². The predicted octanol–water partition coefficient (Wildman–Crippen LogP) is 17.6. The lowest BCUT2D eigenvalue weighted by molar-refractivity contribution is 0.505. The molecule has 0 amide bonds. The van der Waals surface area contributed by atoms with Gasteiger partial charge in [-0.1, -0.05) is 177 Å². The first kappa shape index (κ1) is 43.1. The molecule has 0 fully saturated rings. The summed E-state index contributed by atoms with van der Waals surface area (Å²) in [5.74, 6) is -3.76. The third-order valence-corrected chi connectivity index (χ3v) is 15.1. The number of halogens is 4. The van der Waals surface area contributed by atoms with Crippen LogP contribution in [0.5, 0.6) is 0 Å². The van der Waals surface area contributed by atoms with Gasteiger partial charge in [0.25, 0.3) is 0 Å². The van der Waals surface area contributed by atoms with Crippen molar-refractivity contribution in [2.24, 2.45) is 0 Å². The zero-order valence-electron chi connectivity index (χ0n) is 38.6. The van der Waals surface area contributed by atoms with E-state index in [0.717, 1.165) is 100 Å². The van der Waals surface area contributed by atoms with Crippen LogP contribution in [0.4, 0.5) is 34.6 Å². The van der Waals surface area contributed by atoms with Crippen molar-refractivity contribution in [1.82, 2.24) is 0 Å². The maximum absolute atomic E-state index is 15.8. The van der Waals surface area contributed by atoms with Crippen molar-refractivity contribution in [3.63, 3.8) is 0 Å². The van der Waals surface area contributed by atoms with Gasteiger partial charge in [0, 0.05) is 22.1 Å². The summed E-state index contributed by atoms with van der Waals surface area (Å²) in [6, 6.07) is 67.7. The van der Waals surface area contributed by atoms with Gasteiger partial charge in [0.05, 0.1) is 16.5 Å². The summed E-state index contributed by atoms with van der Waals surface area (Å²) in [6.45, 7) is 8.00. The summed E-state index contributed by atoms with van der Waals surface area (Å²) < 4.78 is 68.5. The Morgan fingerprint density at radius 1 is 0.375 bits per heavy atom. The molecule has 72 heavy (non-hydrogen) atoms. The summed E-state index contributed by atoms with van der Waals surface area (Å²) in [6.07, 6.45) is 3.57. The molecule has 344 valence electrons. The van der Waals surface area contributed by atoms with E-state index in [9.17, 15) is 0 Å². The summed E-state index contributed by atoms with van der Waals surface area (Å²) >= 11 is 0. The molecule has 0 spiro atoms. The monoisotopic (exact) mass is 939 g/mol. The van der Waals surface area contributed by atoms with E-state index in [0.29, 0.717) is 16.7 Å². The van der Waals surface area contributed by atoms with Gasteiger partial charge in [0.2, 0.25) is 0 Å². The Morgan fingerprint density at radius 2 is 0.819 bits per heavy atom. The quantitative estimate of drug-likeness (QED) is 0.134. The molecule has 13 rings (SSSR count). The Balaban J connectivity index is 1.13. The van der Waals surface area contributed by atoms with Crippen molar-refractivity contribution in [1.29, 1.82) is 0 Å². The Morgan fingerprint density at radius 3 is 1.32 bits per heavy atom. The highest BCUT2D eigenvalue weighted by Crippen LogP contribution is 2.60. The van der Waals surface area contributed by atoms with E-state index in [4.69, 9.17) is 4.42 Å². The van der Waals surface area contributed by atoms with Crippen LogP contribution in [-0.4, -0.2) is 0 Å². The maximum Gasteiger partial charge on any atom is 0.159 e. The Hall–Kier alpha value is -9.00. The second-order valence-corrected chi connectivity index (χ2v) is 18.5. The molecule has 11 aromatic rings. The fraction of sp³-hybridized carbons (Fsp3) is 0.0303. The molecule has 6 heteroatoms. The van der Waals surface area contributed by atoms with Crippen LogP contribution in [0.15, 0.2) is 230 Å². The minimum absolute atomic E-state index is 0.566. The van der Waals surface area contributed by atoms with E-state index in [1.165, 1.54) is 24.3 Å². The van der Waals surface area contributed by atoms with E-state index in [2.05, 4.69) is 90.9 Å². The SMILES string of the molecule is C=Cc1ccc(C2(c3ccc(F)c(F)c3)c3ccccc3-c3ccc(N(c4ccc5c(c4)C(c4ccc(C=C)cc4)(c4ccc(F)c(F)c4)c4ccccc4-5)c4cccc5c4oc4ccccc45)cc32)cc1. The summed E-state index contributed by atoms with van der Waals surface area (Å²) in [7, 11) is 0. The highest BCUT2D eigenvalue weighted by molar-refractivity contribution is 6.10. The largest absolute Gasteiger partial charge is 0.454 e. The first-order valence-electron chi connectivity index (χ1n) is 23.8. The van der Waals surface area contributed by atoms with Crippen molar-refractivity contribution in [2.75, 3.05) is 4.90 Å². The summed E-state index contributed by atoms with van der Waals surface area (Å²) in [5, 5.41) is 1.89. The van der Waals surface area contributed by atoms with E-state index >= 15 is 17.6 Å². The molecule has 0 N–H and O–H groups in total. The molecule has 2 aliphatic carbocycles. The lowest BCUT2D eigenvalue weighted by Crippen LogP contribution is -2.29. The number of para-hydroxylation sites is 2. The van der Waals surface area contributed by atoms with E-state index in [-0.39, 0.29) is 0 Å². The lowest BCUT2D eigenvalue weighted by Gasteiger charge is -2.36. The highest BCUT2D eigenvalue weighted by atomic mass is 19.2. The minimum Gasteiger partial charge on any atom is -0.454 e. The molecule has 2 aliphatic rings.